The summed E-state index contributed by atoms with van der Waals surface area (Å²) in [4.78, 5) is 6.02. The summed E-state index contributed by atoms with van der Waals surface area (Å²) in [5, 5.41) is 4.16. The van der Waals surface area contributed by atoms with Crippen LogP contribution in [0.4, 0.5) is 0 Å². The zero-order valence-electron chi connectivity index (χ0n) is 12.3. The second kappa shape index (κ2) is 6.72. The number of aromatic nitrogens is 1. The lowest BCUT2D eigenvalue weighted by Gasteiger charge is -2.08. The fraction of sp³-hybridized carbons (Fsp3) is 0.400. The van der Waals surface area contributed by atoms with Gasteiger partial charge in [0.25, 0.3) is 0 Å². The normalized spacial score (nSPS) is 10.6. The maximum atomic E-state index is 5.44. The van der Waals surface area contributed by atoms with Gasteiger partial charge in [-0.3, -0.25) is 0 Å². The lowest BCUT2D eigenvalue weighted by Crippen LogP contribution is -2.05. The van der Waals surface area contributed by atoms with Crippen molar-refractivity contribution in [3.8, 4) is 22.1 Å². The molecule has 0 bridgehead atoms. The largest absolute Gasteiger partial charge is 0.497 e. The first-order chi connectivity index (χ1) is 9.73. The van der Waals surface area contributed by atoms with Crippen LogP contribution in [-0.2, 0) is 13.0 Å². The Morgan fingerprint density at radius 3 is 2.65 bits per heavy atom. The Morgan fingerprint density at radius 1 is 1.25 bits per heavy atom. The molecule has 5 heteroatoms. The van der Waals surface area contributed by atoms with Crippen molar-refractivity contribution < 1.29 is 9.47 Å². The Hall–Kier alpha value is -1.59. The van der Waals surface area contributed by atoms with E-state index in [1.807, 2.05) is 25.2 Å². The standard InChI is InChI=1S/C15H20N2O2S/c1-5-12-14(9-16-2)20-15(17-12)11-8-10(18-3)6-7-13(11)19-4/h6-8,16H,5,9H2,1-4H3. The SMILES string of the molecule is CCc1nc(-c2cc(OC)ccc2OC)sc1CNC. The molecule has 0 radical (unpaired) electrons. The Morgan fingerprint density at radius 2 is 2.05 bits per heavy atom. The van der Waals surface area contributed by atoms with Crippen molar-refractivity contribution >= 4 is 11.3 Å². The first-order valence-corrected chi connectivity index (χ1v) is 7.40. The molecule has 0 aliphatic carbocycles. The Kier molecular flexibility index (Phi) is 4.98. The molecule has 2 rings (SSSR count). The molecule has 0 unspecified atom stereocenters. The van der Waals surface area contributed by atoms with E-state index in [0.29, 0.717) is 0 Å². The molecule has 0 fully saturated rings. The van der Waals surface area contributed by atoms with Crippen molar-refractivity contribution in [3.05, 3.63) is 28.8 Å². The molecule has 1 aromatic heterocycles. The highest BCUT2D eigenvalue weighted by atomic mass is 32.1. The maximum absolute atomic E-state index is 5.44. The van der Waals surface area contributed by atoms with Crippen LogP contribution in [0.2, 0.25) is 0 Å². The maximum Gasteiger partial charge on any atom is 0.129 e. The number of nitrogens with zero attached hydrogens (tertiary/aromatic N) is 1. The van der Waals surface area contributed by atoms with Gasteiger partial charge in [-0.2, -0.15) is 0 Å². The number of benzene rings is 1. The number of rotatable bonds is 6. The quantitative estimate of drug-likeness (QED) is 0.888. The van der Waals surface area contributed by atoms with Crippen LogP contribution in [0.5, 0.6) is 11.5 Å². The second-order valence-electron chi connectivity index (χ2n) is 4.34. The number of thiazole rings is 1. The van der Waals surface area contributed by atoms with Crippen molar-refractivity contribution in [2.45, 2.75) is 19.9 Å². The van der Waals surface area contributed by atoms with Gasteiger partial charge in [0.15, 0.2) is 0 Å². The van der Waals surface area contributed by atoms with E-state index in [2.05, 4.69) is 12.2 Å². The summed E-state index contributed by atoms with van der Waals surface area (Å²) in [5.41, 5.74) is 2.12. The van der Waals surface area contributed by atoms with Crippen molar-refractivity contribution in [1.29, 1.82) is 0 Å². The smallest absolute Gasteiger partial charge is 0.129 e. The number of aryl methyl sites for hydroxylation is 1. The van der Waals surface area contributed by atoms with Gasteiger partial charge in [0.05, 0.1) is 25.5 Å². The van der Waals surface area contributed by atoms with Crippen LogP contribution < -0.4 is 14.8 Å². The van der Waals surface area contributed by atoms with E-state index in [1.54, 1.807) is 25.6 Å². The predicted molar refractivity (Wildman–Crippen MR) is 82.8 cm³/mol. The van der Waals surface area contributed by atoms with Crippen molar-refractivity contribution in [2.24, 2.45) is 0 Å². The molecule has 1 aromatic carbocycles. The third-order valence-electron chi connectivity index (χ3n) is 3.09. The van der Waals surface area contributed by atoms with Crippen LogP contribution in [0.1, 0.15) is 17.5 Å². The Bertz CT molecular complexity index is 581. The van der Waals surface area contributed by atoms with E-state index in [0.717, 1.165) is 40.7 Å². The number of hydrogen-bond acceptors (Lipinski definition) is 5. The third-order valence-corrected chi connectivity index (χ3v) is 4.22. The van der Waals surface area contributed by atoms with E-state index in [4.69, 9.17) is 14.5 Å². The van der Waals surface area contributed by atoms with Gasteiger partial charge >= 0.3 is 0 Å². The highest BCUT2D eigenvalue weighted by Gasteiger charge is 2.15. The molecule has 0 aliphatic heterocycles. The molecule has 4 nitrogen and oxygen atoms in total. The molecular formula is C15H20N2O2S. The Labute approximate surface area is 123 Å². The van der Waals surface area contributed by atoms with Gasteiger partial charge in [-0.05, 0) is 31.7 Å². The number of hydrogen-bond donors (Lipinski definition) is 1. The van der Waals surface area contributed by atoms with Crippen LogP contribution in [-0.4, -0.2) is 26.3 Å². The molecule has 108 valence electrons. The summed E-state index contributed by atoms with van der Waals surface area (Å²) in [6.45, 7) is 2.97. The zero-order chi connectivity index (χ0) is 14.5. The van der Waals surface area contributed by atoms with Gasteiger partial charge in [-0.15, -0.1) is 11.3 Å². The number of nitrogens with one attached hydrogen (secondary N) is 1. The summed E-state index contributed by atoms with van der Waals surface area (Å²) >= 11 is 1.70. The van der Waals surface area contributed by atoms with E-state index < -0.39 is 0 Å². The lowest BCUT2D eigenvalue weighted by molar-refractivity contribution is 0.404. The van der Waals surface area contributed by atoms with Crippen molar-refractivity contribution in [2.75, 3.05) is 21.3 Å². The molecule has 1 N–H and O–H groups in total. The second-order valence-corrected chi connectivity index (χ2v) is 5.42. The lowest BCUT2D eigenvalue weighted by atomic mass is 10.2. The molecule has 2 aromatic rings. The zero-order valence-corrected chi connectivity index (χ0v) is 13.1. The topological polar surface area (TPSA) is 43.4 Å². The average molecular weight is 292 g/mol. The monoisotopic (exact) mass is 292 g/mol. The summed E-state index contributed by atoms with van der Waals surface area (Å²) in [6, 6.07) is 5.78. The van der Waals surface area contributed by atoms with Crippen LogP contribution in [0, 0.1) is 0 Å². The predicted octanol–water partition coefficient (Wildman–Crippen LogP) is 3.11. The van der Waals surface area contributed by atoms with Gasteiger partial charge in [0.1, 0.15) is 16.5 Å². The summed E-state index contributed by atoms with van der Waals surface area (Å²) in [6.07, 6.45) is 0.930. The molecule has 20 heavy (non-hydrogen) atoms. The number of methoxy groups -OCH3 is 2. The fourth-order valence-electron chi connectivity index (χ4n) is 2.05. The van der Waals surface area contributed by atoms with Crippen LogP contribution in [0.15, 0.2) is 18.2 Å². The molecule has 1 heterocycles. The van der Waals surface area contributed by atoms with E-state index >= 15 is 0 Å². The van der Waals surface area contributed by atoms with Gasteiger partial charge in [0, 0.05) is 11.4 Å². The molecule has 0 saturated carbocycles. The minimum atomic E-state index is 0.809. The van der Waals surface area contributed by atoms with Crippen LogP contribution >= 0.6 is 11.3 Å². The molecular weight excluding hydrogens is 272 g/mol. The molecule has 0 spiro atoms. The van der Waals surface area contributed by atoms with Crippen molar-refractivity contribution in [3.63, 3.8) is 0 Å². The molecule has 0 aliphatic rings. The van der Waals surface area contributed by atoms with Gasteiger partial charge in [-0.1, -0.05) is 6.92 Å². The van der Waals surface area contributed by atoms with Gasteiger partial charge in [-0.25, -0.2) is 4.98 Å². The fourth-order valence-corrected chi connectivity index (χ4v) is 3.24. The summed E-state index contributed by atoms with van der Waals surface area (Å²) in [5.74, 6) is 1.63. The van der Waals surface area contributed by atoms with Crippen LogP contribution in [0.25, 0.3) is 10.6 Å². The highest BCUT2D eigenvalue weighted by Crippen LogP contribution is 2.37. The van der Waals surface area contributed by atoms with Crippen molar-refractivity contribution in [1.82, 2.24) is 10.3 Å². The third kappa shape index (κ3) is 2.94. The molecule has 0 atom stereocenters. The minimum absolute atomic E-state index is 0.809. The summed E-state index contributed by atoms with van der Waals surface area (Å²) < 4.78 is 10.7. The molecule has 0 saturated heterocycles. The van der Waals surface area contributed by atoms with Crippen LogP contribution in [0.3, 0.4) is 0 Å². The molecule has 0 amide bonds. The minimum Gasteiger partial charge on any atom is -0.497 e. The van der Waals surface area contributed by atoms with E-state index in [1.165, 1.54) is 4.88 Å². The first kappa shape index (κ1) is 14.8. The highest BCUT2D eigenvalue weighted by molar-refractivity contribution is 7.15. The first-order valence-electron chi connectivity index (χ1n) is 6.59. The van der Waals surface area contributed by atoms with E-state index in [-0.39, 0.29) is 0 Å². The summed E-state index contributed by atoms with van der Waals surface area (Å²) in [7, 11) is 5.29. The van der Waals surface area contributed by atoms with Gasteiger partial charge < -0.3 is 14.8 Å². The van der Waals surface area contributed by atoms with Gasteiger partial charge in [0.2, 0.25) is 0 Å². The Balaban J connectivity index is 2.49. The van der Waals surface area contributed by atoms with E-state index in [9.17, 15) is 0 Å². The average Bonchev–Trinajstić information content (AvgIpc) is 2.90. The number of ether oxygens (including phenoxy) is 2.